The summed E-state index contributed by atoms with van der Waals surface area (Å²) in [4.78, 5) is 0. The molecule has 0 saturated carbocycles. The first-order valence-electron chi connectivity index (χ1n) is 5.89. The monoisotopic (exact) mass is 273 g/mol. The summed E-state index contributed by atoms with van der Waals surface area (Å²) in [5.74, 6) is -0.400. The zero-order chi connectivity index (χ0) is 13.5. The van der Waals surface area contributed by atoms with E-state index in [0.717, 1.165) is 0 Å². The first kappa shape index (κ1) is 15.4. The third kappa shape index (κ3) is 4.24. The Morgan fingerprint density at radius 1 is 1.39 bits per heavy atom. The van der Waals surface area contributed by atoms with E-state index in [-0.39, 0.29) is 24.4 Å². The fourth-order valence-corrected chi connectivity index (χ4v) is 2.37. The molecule has 0 aliphatic carbocycles. The van der Waals surface area contributed by atoms with Gasteiger partial charge in [0.25, 0.3) is 0 Å². The standard InChI is InChI=1S/C13H20FNO2S/c1-9(13(8-16)18-2)15-7-12(17)10-5-3-4-6-11(10)14/h3-6,9,12-13,15-17H,7-8H2,1-2H3. The fourth-order valence-electron chi connectivity index (χ4n) is 1.72. The summed E-state index contributed by atoms with van der Waals surface area (Å²) in [5.41, 5.74) is 0.293. The van der Waals surface area contributed by atoms with Crippen molar-refractivity contribution in [3.05, 3.63) is 35.6 Å². The largest absolute Gasteiger partial charge is 0.395 e. The smallest absolute Gasteiger partial charge is 0.129 e. The summed E-state index contributed by atoms with van der Waals surface area (Å²) in [6.07, 6.45) is 1.04. The Balaban J connectivity index is 2.51. The second-order valence-corrected chi connectivity index (χ2v) is 5.27. The van der Waals surface area contributed by atoms with Crippen molar-refractivity contribution in [1.29, 1.82) is 0 Å². The van der Waals surface area contributed by atoms with Gasteiger partial charge in [0.1, 0.15) is 5.82 Å². The molecule has 0 aromatic heterocycles. The highest BCUT2D eigenvalue weighted by Crippen LogP contribution is 2.17. The number of benzene rings is 1. The van der Waals surface area contributed by atoms with E-state index in [1.54, 1.807) is 30.0 Å². The number of thioether (sulfide) groups is 1. The van der Waals surface area contributed by atoms with Crippen LogP contribution in [0.4, 0.5) is 4.39 Å². The van der Waals surface area contributed by atoms with Gasteiger partial charge in [0.2, 0.25) is 0 Å². The van der Waals surface area contributed by atoms with Gasteiger partial charge in [0.05, 0.1) is 12.7 Å². The van der Waals surface area contributed by atoms with Crippen molar-refractivity contribution < 1.29 is 14.6 Å². The number of aliphatic hydroxyl groups is 2. The maximum atomic E-state index is 13.4. The molecule has 0 radical (unpaired) electrons. The maximum Gasteiger partial charge on any atom is 0.129 e. The van der Waals surface area contributed by atoms with Gasteiger partial charge in [0.15, 0.2) is 0 Å². The second-order valence-electron chi connectivity index (χ2n) is 4.19. The summed E-state index contributed by atoms with van der Waals surface area (Å²) < 4.78 is 13.4. The average Bonchev–Trinajstić information content (AvgIpc) is 2.38. The Bertz CT molecular complexity index is 361. The molecule has 0 amide bonds. The van der Waals surface area contributed by atoms with E-state index < -0.39 is 11.9 Å². The molecular formula is C13H20FNO2S. The lowest BCUT2D eigenvalue weighted by Gasteiger charge is -2.23. The van der Waals surface area contributed by atoms with Gasteiger partial charge in [-0.15, -0.1) is 0 Å². The molecule has 3 N–H and O–H groups in total. The lowest BCUT2D eigenvalue weighted by molar-refractivity contribution is 0.163. The van der Waals surface area contributed by atoms with Gasteiger partial charge in [-0.3, -0.25) is 0 Å². The quantitative estimate of drug-likeness (QED) is 0.706. The van der Waals surface area contributed by atoms with Crippen LogP contribution in [-0.2, 0) is 0 Å². The van der Waals surface area contributed by atoms with Crippen LogP contribution in [0.1, 0.15) is 18.6 Å². The van der Waals surface area contributed by atoms with Gasteiger partial charge in [-0.2, -0.15) is 11.8 Å². The molecule has 0 saturated heterocycles. The average molecular weight is 273 g/mol. The molecule has 0 fully saturated rings. The number of nitrogens with one attached hydrogen (secondary N) is 1. The van der Waals surface area contributed by atoms with Crippen LogP contribution < -0.4 is 5.32 Å². The fraction of sp³-hybridized carbons (Fsp3) is 0.538. The second kappa shape index (κ2) is 7.74. The topological polar surface area (TPSA) is 52.5 Å². The van der Waals surface area contributed by atoms with E-state index in [2.05, 4.69) is 5.32 Å². The summed E-state index contributed by atoms with van der Waals surface area (Å²) >= 11 is 1.56. The van der Waals surface area contributed by atoms with Gasteiger partial charge < -0.3 is 15.5 Å². The van der Waals surface area contributed by atoms with Crippen molar-refractivity contribution in [1.82, 2.24) is 5.32 Å². The Hall–Kier alpha value is -0.620. The van der Waals surface area contributed by atoms with Crippen LogP contribution in [0.25, 0.3) is 0 Å². The van der Waals surface area contributed by atoms with Crippen molar-refractivity contribution in [2.45, 2.75) is 24.3 Å². The highest BCUT2D eigenvalue weighted by molar-refractivity contribution is 7.99. The normalized spacial score (nSPS) is 16.3. The Morgan fingerprint density at radius 3 is 2.61 bits per heavy atom. The summed E-state index contributed by atoms with van der Waals surface area (Å²) in [6.45, 7) is 2.27. The predicted octanol–water partition coefficient (Wildman–Crippen LogP) is 1.56. The summed E-state index contributed by atoms with van der Waals surface area (Å²) in [7, 11) is 0. The number of hydrogen-bond donors (Lipinski definition) is 3. The van der Waals surface area contributed by atoms with E-state index in [1.165, 1.54) is 6.07 Å². The molecule has 0 spiro atoms. The number of rotatable bonds is 7. The first-order valence-corrected chi connectivity index (χ1v) is 7.18. The van der Waals surface area contributed by atoms with Gasteiger partial charge in [-0.25, -0.2) is 4.39 Å². The molecule has 3 nitrogen and oxygen atoms in total. The lowest BCUT2D eigenvalue weighted by atomic mass is 10.1. The minimum Gasteiger partial charge on any atom is -0.395 e. The van der Waals surface area contributed by atoms with Crippen LogP contribution in [-0.4, -0.2) is 40.9 Å². The Morgan fingerprint density at radius 2 is 2.06 bits per heavy atom. The van der Waals surface area contributed by atoms with E-state index >= 15 is 0 Å². The molecule has 0 bridgehead atoms. The molecule has 5 heteroatoms. The molecule has 3 unspecified atom stereocenters. The zero-order valence-corrected chi connectivity index (χ0v) is 11.5. The zero-order valence-electron chi connectivity index (χ0n) is 10.6. The van der Waals surface area contributed by atoms with Crippen LogP contribution >= 0.6 is 11.8 Å². The number of halogens is 1. The van der Waals surface area contributed by atoms with Crippen LogP contribution in [0.3, 0.4) is 0 Å². The molecule has 3 atom stereocenters. The molecule has 1 aromatic rings. The molecule has 1 aromatic carbocycles. The Kier molecular flexibility index (Phi) is 6.63. The molecule has 1 rings (SSSR count). The summed E-state index contributed by atoms with van der Waals surface area (Å²) in [6, 6.07) is 6.25. The molecule has 0 aliphatic rings. The third-order valence-corrected chi connectivity index (χ3v) is 4.10. The van der Waals surface area contributed by atoms with Gasteiger partial charge in [-0.05, 0) is 19.2 Å². The SMILES string of the molecule is CSC(CO)C(C)NCC(O)c1ccccc1F. The van der Waals surface area contributed by atoms with Gasteiger partial charge in [0, 0.05) is 23.4 Å². The van der Waals surface area contributed by atoms with Crippen molar-refractivity contribution in [2.24, 2.45) is 0 Å². The predicted molar refractivity (Wildman–Crippen MR) is 73.2 cm³/mol. The molecule has 102 valence electrons. The van der Waals surface area contributed by atoms with Crippen molar-refractivity contribution in [3.8, 4) is 0 Å². The van der Waals surface area contributed by atoms with Crippen molar-refractivity contribution >= 4 is 11.8 Å². The minimum absolute atomic E-state index is 0.0476. The van der Waals surface area contributed by atoms with Gasteiger partial charge >= 0.3 is 0 Å². The van der Waals surface area contributed by atoms with Gasteiger partial charge in [-0.1, -0.05) is 18.2 Å². The molecule has 18 heavy (non-hydrogen) atoms. The molecular weight excluding hydrogens is 253 g/mol. The Labute approximate surface area is 111 Å². The van der Waals surface area contributed by atoms with E-state index in [1.807, 2.05) is 13.2 Å². The maximum absolute atomic E-state index is 13.4. The van der Waals surface area contributed by atoms with E-state index in [0.29, 0.717) is 5.56 Å². The lowest BCUT2D eigenvalue weighted by Crippen LogP contribution is -2.39. The molecule has 0 aliphatic heterocycles. The number of aliphatic hydroxyl groups excluding tert-OH is 2. The minimum atomic E-state index is -0.880. The number of hydrogen-bond acceptors (Lipinski definition) is 4. The molecule has 0 heterocycles. The van der Waals surface area contributed by atoms with Crippen LogP contribution in [0.5, 0.6) is 0 Å². The van der Waals surface area contributed by atoms with Crippen molar-refractivity contribution in [3.63, 3.8) is 0 Å². The van der Waals surface area contributed by atoms with Crippen LogP contribution in [0.15, 0.2) is 24.3 Å². The van der Waals surface area contributed by atoms with Crippen LogP contribution in [0, 0.1) is 5.82 Å². The van der Waals surface area contributed by atoms with Crippen molar-refractivity contribution in [2.75, 3.05) is 19.4 Å². The van der Waals surface area contributed by atoms with E-state index in [9.17, 15) is 9.50 Å². The summed E-state index contributed by atoms with van der Waals surface area (Å²) in [5, 5.41) is 22.2. The first-order chi connectivity index (χ1) is 8.60. The van der Waals surface area contributed by atoms with E-state index in [4.69, 9.17) is 5.11 Å². The highest BCUT2D eigenvalue weighted by Gasteiger charge is 2.17. The third-order valence-electron chi connectivity index (χ3n) is 2.94. The van der Waals surface area contributed by atoms with Crippen LogP contribution in [0.2, 0.25) is 0 Å². The highest BCUT2D eigenvalue weighted by atomic mass is 32.2.